The van der Waals surface area contributed by atoms with E-state index >= 15 is 0 Å². The molecule has 0 aliphatic heterocycles. The summed E-state index contributed by atoms with van der Waals surface area (Å²) in [7, 11) is 0. The number of rotatable bonds is 0. The summed E-state index contributed by atoms with van der Waals surface area (Å²) in [5, 5.41) is 29.5. The molecule has 0 aliphatic rings. The fourth-order valence-corrected chi connectivity index (χ4v) is 0. The zero-order valence-electron chi connectivity index (χ0n) is 5.73. The van der Waals surface area contributed by atoms with Crippen LogP contribution in [0.25, 0.3) is 0 Å². The van der Waals surface area contributed by atoms with Crippen molar-refractivity contribution in [1.82, 2.24) is 0 Å². The molecule has 14 heavy (non-hydrogen) atoms. The molecule has 0 atom stereocenters. The molecular weight excluding hydrogens is 433 g/mol. The molecular formula is HCoN2O10Re. The fraction of sp³-hybridized carbons (Fsp3) is 0. The van der Waals surface area contributed by atoms with Gasteiger partial charge >= 0.3 is 46.8 Å². The molecule has 0 amide bonds. The van der Waals surface area contributed by atoms with E-state index in [1.54, 1.807) is 0 Å². The van der Waals surface area contributed by atoms with Crippen LogP contribution in [0.1, 0.15) is 0 Å². The van der Waals surface area contributed by atoms with Crippen molar-refractivity contribution < 1.29 is 57.0 Å². The van der Waals surface area contributed by atoms with Crippen molar-refractivity contribution in [2.75, 3.05) is 0 Å². The summed E-state index contributed by atoms with van der Waals surface area (Å²) in [4.78, 5) is 16.5. The minimum absolute atomic E-state index is 0. The number of hydrogen-bond donors (Lipinski definition) is 1. The van der Waals surface area contributed by atoms with Crippen LogP contribution in [0.15, 0.2) is 0 Å². The van der Waals surface area contributed by atoms with E-state index in [1.807, 2.05) is 0 Å². The van der Waals surface area contributed by atoms with E-state index in [1.165, 1.54) is 0 Å². The first-order valence-electron chi connectivity index (χ1n) is 1.73. The third-order valence-electron chi connectivity index (χ3n) is 0. The van der Waals surface area contributed by atoms with E-state index in [9.17, 15) is 0 Å². The van der Waals surface area contributed by atoms with E-state index < -0.39 is 26.0 Å². The molecule has 0 saturated carbocycles. The number of hydrogen-bond acceptors (Lipinski definition) is 9. The van der Waals surface area contributed by atoms with Crippen molar-refractivity contribution in [2.45, 2.75) is 0 Å². The van der Waals surface area contributed by atoms with Gasteiger partial charge in [-0.3, -0.25) is 0 Å². The molecule has 1 radical (unpaired) electrons. The Bertz CT molecular complexity index is 260. The molecule has 14 heteroatoms. The first kappa shape index (κ1) is 23.1. The zero-order valence-corrected chi connectivity index (χ0v) is 9.48. The first-order valence-corrected chi connectivity index (χ1v) is 6.27. The van der Waals surface area contributed by atoms with Gasteiger partial charge in [0.2, 0.25) is 0 Å². The monoisotopic (exact) mass is 435 g/mol. The van der Waals surface area contributed by atoms with Crippen molar-refractivity contribution in [3.63, 3.8) is 0 Å². The van der Waals surface area contributed by atoms with E-state index in [2.05, 4.69) is 0 Å². The molecule has 0 aromatic heterocycles. The summed E-state index contributed by atoms with van der Waals surface area (Å²) in [6, 6.07) is 0. The van der Waals surface area contributed by atoms with E-state index in [0.717, 1.165) is 0 Å². The quantitative estimate of drug-likeness (QED) is 0.349. The van der Waals surface area contributed by atoms with Crippen LogP contribution >= 0.6 is 0 Å². The average Bonchev–Trinajstić information content (AvgIpc) is 1.50. The normalized spacial score (nSPS) is 7.50. The van der Waals surface area contributed by atoms with Gasteiger partial charge in [0.15, 0.2) is 0 Å². The Morgan fingerprint density at radius 2 is 0.857 bits per heavy atom. The van der Waals surface area contributed by atoms with Gasteiger partial charge in [0, 0.05) is 0 Å². The average molecular weight is 434 g/mol. The molecule has 0 bridgehead atoms. The van der Waals surface area contributed by atoms with Gasteiger partial charge in [-0.1, -0.05) is 0 Å². The molecule has 0 fully saturated rings. The van der Waals surface area contributed by atoms with E-state index in [0.29, 0.717) is 0 Å². The van der Waals surface area contributed by atoms with Crippen molar-refractivity contribution in [3.05, 3.63) is 30.6 Å². The summed E-state index contributed by atoms with van der Waals surface area (Å²) in [5.41, 5.74) is 0. The summed E-state index contributed by atoms with van der Waals surface area (Å²) in [6.45, 7) is 0. The Morgan fingerprint density at radius 3 is 0.857 bits per heavy atom. The van der Waals surface area contributed by atoms with Gasteiger partial charge < -0.3 is 30.6 Å². The Kier molecular flexibility index (Phi) is 19.7. The second-order valence-corrected chi connectivity index (χ2v) is 3.69. The van der Waals surface area contributed by atoms with Crippen molar-refractivity contribution in [2.24, 2.45) is 0 Å². The van der Waals surface area contributed by atoms with Gasteiger partial charge in [0.25, 0.3) is 0 Å². The summed E-state index contributed by atoms with van der Waals surface area (Å²) < 4.78 is 33.3. The van der Waals surface area contributed by atoms with Crippen molar-refractivity contribution >= 4 is 0 Å². The molecule has 0 aliphatic carbocycles. The molecule has 1 N–H and O–H groups in total. The molecule has 0 spiro atoms. The van der Waals surface area contributed by atoms with Gasteiger partial charge in [-0.05, 0) is 0 Å². The molecule has 0 saturated heterocycles. The molecule has 0 heterocycles. The Labute approximate surface area is 87.9 Å². The number of nitrogens with zero attached hydrogens (tertiary/aromatic N) is 2. The third kappa shape index (κ3) is 939. The Morgan fingerprint density at radius 1 is 0.857 bits per heavy atom. The standard InChI is InChI=1S/Co.2NO3.H2O.3O.Re/c;2*2-1(3)4;;;;;/h;;;1H2;;;;/q+2;2*-1;;;;;+1/p-1. The second kappa shape index (κ2) is 11.9. The molecule has 12 nitrogen and oxygen atoms in total. The maximum atomic E-state index is 8.75. The summed E-state index contributed by atoms with van der Waals surface area (Å²) >= 11 is -5.86. The van der Waals surface area contributed by atoms with Gasteiger partial charge in [0.05, 0.1) is 10.2 Å². The van der Waals surface area contributed by atoms with Crippen LogP contribution in [0.2, 0.25) is 0 Å². The Hall–Kier alpha value is -1.07. The SMILES string of the molecule is O=[N+]([O-])[O-].O=[N+]([O-])[O-].[Co+2].[O]=[Re](=[O])(=[O])[OH]. The van der Waals surface area contributed by atoms with Crippen LogP contribution in [0, 0.1) is 30.6 Å². The van der Waals surface area contributed by atoms with Crippen LogP contribution < -0.4 is 0 Å². The van der Waals surface area contributed by atoms with Gasteiger partial charge in [-0.15, -0.1) is 0 Å². The van der Waals surface area contributed by atoms with Crippen LogP contribution in [0.5, 0.6) is 0 Å². The van der Waals surface area contributed by atoms with Crippen LogP contribution in [0.4, 0.5) is 0 Å². The fourth-order valence-electron chi connectivity index (χ4n) is 0. The summed E-state index contributed by atoms with van der Waals surface area (Å²) in [6.07, 6.45) is 0. The minimum atomic E-state index is -5.86. The molecule has 0 aromatic rings. The molecule has 0 aromatic carbocycles. The first-order chi connectivity index (χ1) is 5.46. The van der Waals surface area contributed by atoms with Gasteiger partial charge in [-0.25, -0.2) is 0 Å². The van der Waals surface area contributed by atoms with Gasteiger partial charge in [-0.2, -0.15) is 0 Å². The molecule has 87 valence electrons. The Balaban J connectivity index is -0.0000000522. The van der Waals surface area contributed by atoms with Crippen molar-refractivity contribution in [3.8, 4) is 0 Å². The predicted octanol–water partition coefficient (Wildman–Crippen LogP) is -1.40. The third-order valence-corrected chi connectivity index (χ3v) is 0. The topological polar surface area (TPSA) is 204 Å². The van der Waals surface area contributed by atoms with Crippen LogP contribution in [0.3, 0.4) is 0 Å². The van der Waals surface area contributed by atoms with Crippen LogP contribution in [-0.2, 0) is 43.0 Å². The maximum absolute atomic E-state index is 8.75. The van der Waals surface area contributed by atoms with Gasteiger partial charge in [0.1, 0.15) is 0 Å². The van der Waals surface area contributed by atoms with E-state index in [4.69, 9.17) is 44.9 Å². The summed E-state index contributed by atoms with van der Waals surface area (Å²) in [5.74, 6) is 0. The molecule has 0 rings (SSSR count). The zero-order chi connectivity index (χ0) is 11.7. The van der Waals surface area contributed by atoms with E-state index in [-0.39, 0.29) is 16.8 Å². The van der Waals surface area contributed by atoms with Crippen molar-refractivity contribution in [1.29, 1.82) is 0 Å². The molecule has 0 unspecified atom stereocenters. The van der Waals surface area contributed by atoms with Crippen LogP contribution in [-0.4, -0.2) is 14.0 Å². The second-order valence-electron chi connectivity index (χ2n) is 0.843. The predicted molar refractivity (Wildman–Crippen MR) is 25.0 cm³/mol.